The van der Waals surface area contributed by atoms with Gasteiger partial charge in [-0.25, -0.2) is 9.97 Å². The van der Waals surface area contributed by atoms with Gasteiger partial charge in [0.05, 0.1) is 13.7 Å². The third-order valence-corrected chi connectivity index (χ3v) is 7.29. The summed E-state index contributed by atoms with van der Waals surface area (Å²) in [6.45, 7) is 7.65. The molecule has 0 bridgehead atoms. The van der Waals surface area contributed by atoms with Crippen LogP contribution in [0.1, 0.15) is 62.5 Å². The van der Waals surface area contributed by atoms with Gasteiger partial charge >= 0.3 is 0 Å². The van der Waals surface area contributed by atoms with Crippen molar-refractivity contribution in [2.75, 3.05) is 46.4 Å². The third kappa shape index (κ3) is 7.66. The van der Waals surface area contributed by atoms with Crippen molar-refractivity contribution >= 4 is 5.91 Å². The van der Waals surface area contributed by atoms with Gasteiger partial charge in [0.25, 0.3) is 0 Å². The van der Waals surface area contributed by atoms with Crippen LogP contribution in [0.3, 0.4) is 0 Å². The monoisotopic (exact) mass is 480 g/mol. The number of hydrogen-bond donors (Lipinski definition) is 0. The van der Waals surface area contributed by atoms with E-state index in [1.807, 2.05) is 23.2 Å². The Morgan fingerprint density at radius 1 is 1.09 bits per heavy atom. The first-order chi connectivity index (χ1) is 17.1. The molecule has 2 fully saturated rings. The van der Waals surface area contributed by atoms with E-state index in [0.29, 0.717) is 12.5 Å². The highest BCUT2D eigenvalue weighted by atomic mass is 16.5. The zero-order valence-electron chi connectivity index (χ0n) is 21.4. The van der Waals surface area contributed by atoms with Crippen LogP contribution >= 0.6 is 0 Å². The second-order valence-electron chi connectivity index (χ2n) is 9.87. The van der Waals surface area contributed by atoms with Crippen molar-refractivity contribution in [3.8, 4) is 11.5 Å². The first kappa shape index (κ1) is 25.4. The maximum Gasteiger partial charge on any atom is 0.219 e. The van der Waals surface area contributed by atoms with Crippen molar-refractivity contribution in [2.24, 2.45) is 5.92 Å². The lowest BCUT2D eigenvalue weighted by Crippen LogP contribution is -2.37. The van der Waals surface area contributed by atoms with Crippen molar-refractivity contribution in [1.82, 2.24) is 19.8 Å². The molecule has 7 heteroatoms. The lowest BCUT2D eigenvalue weighted by atomic mass is 9.92. The number of benzene rings is 1. The van der Waals surface area contributed by atoms with Gasteiger partial charge in [-0.3, -0.25) is 4.79 Å². The molecule has 190 valence electrons. The van der Waals surface area contributed by atoms with Crippen LogP contribution < -0.4 is 9.47 Å². The van der Waals surface area contributed by atoms with Crippen LogP contribution in [0.25, 0.3) is 0 Å². The molecule has 0 saturated carbocycles. The van der Waals surface area contributed by atoms with E-state index in [4.69, 9.17) is 14.5 Å². The van der Waals surface area contributed by atoms with Crippen LogP contribution in [-0.2, 0) is 17.6 Å². The quantitative estimate of drug-likeness (QED) is 0.451. The van der Waals surface area contributed by atoms with Crippen LogP contribution in [-0.4, -0.2) is 72.1 Å². The summed E-state index contributed by atoms with van der Waals surface area (Å²) in [6, 6.07) is 8.15. The van der Waals surface area contributed by atoms with Gasteiger partial charge in [-0.1, -0.05) is 6.07 Å². The summed E-state index contributed by atoms with van der Waals surface area (Å²) < 4.78 is 11.6. The molecule has 2 aliphatic heterocycles. The number of carbonyl (C=O) groups is 1. The van der Waals surface area contributed by atoms with Gasteiger partial charge in [0.1, 0.15) is 5.82 Å². The molecule has 2 aromatic rings. The van der Waals surface area contributed by atoms with Crippen molar-refractivity contribution in [3.63, 3.8) is 0 Å². The van der Waals surface area contributed by atoms with Crippen LogP contribution in [0.15, 0.2) is 30.5 Å². The summed E-state index contributed by atoms with van der Waals surface area (Å²) in [7, 11) is 1.69. The zero-order valence-corrected chi connectivity index (χ0v) is 21.4. The van der Waals surface area contributed by atoms with Crippen LogP contribution in [0.2, 0.25) is 0 Å². The highest BCUT2D eigenvalue weighted by molar-refractivity contribution is 5.73. The van der Waals surface area contributed by atoms with E-state index >= 15 is 0 Å². The second-order valence-corrected chi connectivity index (χ2v) is 9.87. The standard InChI is InChI=1S/C28H40N4O3/c1-22(33)32-17-11-23(12-18-32)7-9-28-29-13-10-25(30-28)20-24-6-8-26(34-2)27(21-24)35-19-5-16-31-14-3-4-15-31/h6,8,10,13,21,23H,3-5,7,9,11-12,14-20H2,1-2H3. The fourth-order valence-electron chi connectivity index (χ4n) is 5.16. The van der Waals surface area contributed by atoms with E-state index in [1.54, 1.807) is 14.0 Å². The fourth-order valence-corrected chi connectivity index (χ4v) is 5.16. The molecule has 2 aliphatic rings. The molecule has 7 nitrogen and oxygen atoms in total. The maximum atomic E-state index is 11.5. The zero-order chi connectivity index (χ0) is 24.5. The van der Waals surface area contributed by atoms with Gasteiger partial charge < -0.3 is 19.3 Å². The summed E-state index contributed by atoms with van der Waals surface area (Å²) in [6.07, 6.45) is 10.4. The number of piperidine rings is 1. The van der Waals surface area contributed by atoms with E-state index in [0.717, 1.165) is 86.7 Å². The number of aromatic nitrogens is 2. The summed E-state index contributed by atoms with van der Waals surface area (Å²) in [5.41, 5.74) is 2.17. The molecule has 0 radical (unpaired) electrons. The molecule has 0 spiro atoms. The summed E-state index contributed by atoms with van der Waals surface area (Å²) in [4.78, 5) is 25.3. The lowest BCUT2D eigenvalue weighted by molar-refractivity contribution is -0.130. The van der Waals surface area contributed by atoms with E-state index < -0.39 is 0 Å². The van der Waals surface area contributed by atoms with Crippen LogP contribution in [0.4, 0.5) is 0 Å². The lowest BCUT2D eigenvalue weighted by Gasteiger charge is -2.31. The predicted octanol–water partition coefficient (Wildman–Crippen LogP) is 4.13. The number of ether oxygens (including phenoxy) is 2. The number of aryl methyl sites for hydroxylation is 1. The molecule has 0 unspecified atom stereocenters. The van der Waals surface area contributed by atoms with Crippen LogP contribution in [0, 0.1) is 5.92 Å². The largest absolute Gasteiger partial charge is 0.493 e. The normalized spacial score (nSPS) is 17.0. The number of methoxy groups -OCH3 is 1. The minimum absolute atomic E-state index is 0.189. The second kappa shape index (κ2) is 12.9. The Hall–Kier alpha value is -2.67. The molecule has 3 heterocycles. The number of likely N-dealkylation sites (tertiary alicyclic amines) is 2. The first-order valence-electron chi connectivity index (χ1n) is 13.2. The highest BCUT2D eigenvalue weighted by Gasteiger charge is 2.20. The highest BCUT2D eigenvalue weighted by Crippen LogP contribution is 2.29. The Morgan fingerprint density at radius 2 is 1.89 bits per heavy atom. The molecular formula is C28H40N4O3. The van der Waals surface area contributed by atoms with E-state index in [9.17, 15) is 4.79 Å². The van der Waals surface area contributed by atoms with Crippen molar-refractivity contribution in [1.29, 1.82) is 0 Å². The number of hydrogen-bond acceptors (Lipinski definition) is 6. The first-order valence-corrected chi connectivity index (χ1v) is 13.2. The Morgan fingerprint density at radius 3 is 2.63 bits per heavy atom. The average Bonchev–Trinajstić information content (AvgIpc) is 3.40. The molecular weight excluding hydrogens is 440 g/mol. The SMILES string of the molecule is COc1ccc(Cc2ccnc(CCC3CCN(C(C)=O)CC3)n2)cc1OCCCN1CCCC1. The van der Waals surface area contributed by atoms with E-state index in [-0.39, 0.29) is 5.91 Å². The number of amides is 1. The fraction of sp³-hybridized carbons (Fsp3) is 0.607. The Balaban J connectivity index is 1.28. The topological polar surface area (TPSA) is 67.8 Å². The maximum absolute atomic E-state index is 11.5. The molecule has 0 N–H and O–H groups in total. The van der Waals surface area contributed by atoms with Crippen molar-refractivity contribution in [3.05, 3.63) is 47.5 Å². The molecule has 0 aliphatic carbocycles. The van der Waals surface area contributed by atoms with Gasteiger partial charge in [0.2, 0.25) is 5.91 Å². The molecule has 1 amide bonds. The minimum atomic E-state index is 0.189. The van der Waals surface area contributed by atoms with Gasteiger partial charge in [0.15, 0.2) is 11.5 Å². The molecule has 2 saturated heterocycles. The van der Waals surface area contributed by atoms with Gasteiger partial charge in [0, 0.05) is 51.3 Å². The molecule has 0 atom stereocenters. The van der Waals surface area contributed by atoms with E-state index in [1.165, 1.54) is 25.9 Å². The Kier molecular flexibility index (Phi) is 9.35. The number of rotatable bonds is 11. The van der Waals surface area contributed by atoms with Gasteiger partial charge in [-0.15, -0.1) is 0 Å². The summed E-state index contributed by atoms with van der Waals surface area (Å²) in [5, 5.41) is 0. The Labute approximate surface area is 209 Å². The van der Waals surface area contributed by atoms with E-state index in [2.05, 4.69) is 22.0 Å². The summed E-state index contributed by atoms with van der Waals surface area (Å²) in [5.74, 6) is 3.31. The molecule has 35 heavy (non-hydrogen) atoms. The predicted molar refractivity (Wildman–Crippen MR) is 137 cm³/mol. The molecule has 1 aromatic carbocycles. The number of nitrogens with zero attached hydrogens (tertiary/aromatic N) is 4. The molecule has 1 aromatic heterocycles. The molecule has 4 rings (SSSR count). The smallest absolute Gasteiger partial charge is 0.219 e. The van der Waals surface area contributed by atoms with Crippen LogP contribution in [0.5, 0.6) is 11.5 Å². The summed E-state index contributed by atoms with van der Waals surface area (Å²) >= 11 is 0. The Bertz CT molecular complexity index is 953. The minimum Gasteiger partial charge on any atom is -0.493 e. The van der Waals surface area contributed by atoms with Gasteiger partial charge in [-0.2, -0.15) is 0 Å². The van der Waals surface area contributed by atoms with Gasteiger partial charge in [-0.05, 0) is 81.3 Å². The average molecular weight is 481 g/mol. The number of carbonyl (C=O) groups excluding carboxylic acids is 1. The third-order valence-electron chi connectivity index (χ3n) is 7.29. The van der Waals surface area contributed by atoms with Crippen molar-refractivity contribution < 1.29 is 14.3 Å². The van der Waals surface area contributed by atoms with Crippen molar-refractivity contribution in [2.45, 2.75) is 58.3 Å².